The van der Waals surface area contributed by atoms with Crippen LogP contribution in [0.3, 0.4) is 0 Å². The van der Waals surface area contributed by atoms with Gasteiger partial charge in [0.2, 0.25) is 0 Å². The number of pyridine rings is 2. The van der Waals surface area contributed by atoms with E-state index in [1.165, 1.54) is 0 Å². The highest BCUT2D eigenvalue weighted by molar-refractivity contribution is 5.88. The van der Waals surface area contributed by atoms with E-state index in [0.717, 1.165) is 27.6 Å². The molecule has 0 aliphatic carbocycles. The van der Waals surface area contributed by atoms with Crippen molar-refractivity contribution in [1.82, 2.24) is 19.5 Å². The summed E-state index contributed by atoms with van der Waals surface area (Å²) in [6.45, 7) is 0.315. The molecule has 4 rings (SSSR count). The molecule has 0 saturated carbocycles. The van der Waals surface area contributed by atoms with Gasteiger partial charge in [-0.25, -0.2) is 4.98 Å². The van der Waals surface area contributed by atoms with Gasteiger partial charge >= 0.3 is 0 Å². The number of imidazole rings is 1. The van der Waals surface area contributed by atoms with Gasteiger partial charge in [0.05, 0.1) is 19.3 Å². The average molecular weight is 328 g/mol. The van der Waals surface area contributed by atoms with Crippen molar-refractivity contribution in [2.75, 3.05) is 0 Å². The molecule has 0 radical (unpaired) electrons. The summed E-state index contributed by atoms with van der Waals surface area (Å²) in [4.78, 5) is 24.7. The van der Waals surface area contributed by atoms with Crippen molar-refractivity contribution >= 4 is 16.6 Å². The number of carbonyl (C=O) groups is 1. The van der Waals surface area contributed by atoms with Crippen molar-refractivity contribution in [1.29, 1.82) is 0 Å². The lowest BCUT2D eigenvalue weighted by Crippen LogP contribution is -2.12. The standard InChI is InChI=1S/C20H16N4O/c25-20(13-24-7-6-22-14-24)10-19-9-18-8-15(3-4-17(18)12-23-19)16-2-1-5-21-11-16/h1-9,11-12,14H,10,13H2. The zero-order valence-corrected chi connectivity index (χ0v) is 13.5. The van der Waals surface area contributed by atoms with Crippen molar-refractivity contribution in [3.8, 4) is 11.1 Å². The normalized spacial score (nSPS) is 10.9. The lowest BCUT2D eigenvalue weighted by Gasteiger charge is -2.06. The first-order valence-corrected chi connectivity index (χ1v) is 8.04. The first-order valence-electron chi connectivity index (χ1n) is 8.04. The molecule has 122 valence electrons. The second kappa shape index (κ2) is 6.65. The third kappa shape index (κ3) is 3.45. The molecule has 0 spiro atoms. The summed E-state index contributed by atoms with van der Waals surface area (Å²) >= 11 is 0. The molecule has 1 aromatic carbocycles. The van der Waals surface area contributed by atoms with Crippen LogP contribution in [0.2, 0.25) is 0 Å². The predicted molar refractivity (Wildman–Crippen MR) is 95.9 cm³/mol. The summed E-state index contributed by atoms with van der Waals surface area (Å²) < 4.78 is 1.77. The number of nitrogens with zero attached hydrogens (tertiary/aromatic N) is 4. The highest BCUT2D eigenvalue weighted by Gasteiger charge is 2.07. The molecule has 0 aliphatic rings. The number of hydrogen-bond acceptors (Lipinski definition) is 4. The smallest absolute Gasteiger partial charge is 0.158 e. The summed E-state index contributed by atoms with van der Waals surface area (Å²) in [5, 5.41) is 2.13. The maximum atomic E-state index is 12.2. The van der Waals surface area contributed by atoms with E-state index >= 15 is 0 Å². The van der Waals surface area contributed by atoms with E-state index in [2.05, 4.69) is 27.1 Å². The van der Waals surface area contributed by atoms with Crippen LogP contribution in [0.1, 0.15) is 5.69 Å². The van der Waals surface area contributed by atoms with E-state index in [0.29, 0.717) is 13.0 Å². The first-order chi connectivity index (χ1) is 12.3. The Kier molecular flexibility index (Phi) is 4.04. The van der Waals surface area contributed by atoms with Crippen LogP contribution < -0.4 is 0 Å². The van der Waals surface area contributed by atoms with E-state index < -0.39 is 0 Å². The third-order valence-corrected chi connectivity index (χ3v) is 4.07. The Balaban J connectivity index is 1.59. The molecule has 0 N–H and O–H groups in total. The fraction of sp³-hybridized carbons (Fsp3) is 0.100. The van der Waals surface area contributed by atoms with Crippen LogP contribution in [0.15, 0.2) is 73.7 Å². The fourth-order valence-corrected chi connectivity index (χ4v) is 2.84. The second-order valence-electron chi connectivity index (χ2n) is 5.93. The molecule has 0 atom stereocenters. The number of Topliss-reactive ketones (excluding diaryl/α,β-unsaturated/α-hetero) is 1. The van der Waals surface area contributed by atoms with Crippen molar-refractivity contribution in [2.45, 2.75) is 13.0 Å². The number of benzene rings is 1. The van der Waals surface area contributed by atoms with Crippen LogP contribution in [0, 0.1) is 0 Å². The lowest BCUT2D eigenvalue weighted by molar-refractivity contribution is -0.119. The zero-order valence-electron chi connectivity index (χ0n) is 13.5. The molecule has 25 heavy (non-hydrogen) atoms. The molecule has 0 amide bonds. The van der Waals surface area contributed by atoms with E-state index in [1.54, 1.807) is 29.5 Å². The maximum absolute atomic E-state index is 12.2. The molecular weight excluding hydrogens is 312 g/mol. The predicted octanol–water partition coefficient (Wildman–Crippen LogP) is 3.31. The van der Waals surface area contributed by atoms with Crippen LogP contribution in [0.4, 0.5) is 0 Å². The number of fused-ring (bicyclic) bond motifs is 1. The van der Waals surface area contributed by atoms with Gasteiger partial charge in [-0.3, -0.25) is 14.8 Å². The Morgan fingerprint density at radius 3 is 2.72 bits per heavy atom. The van der Waals surface area contributed by atoms with Gasteiger partial charge in [0.15, 0.2) is 5.78 Å². The van der Waals surface area contributed by atoms with Gasteiger partial charge in [-0.1, -0.05) is 18.2 Å². The molecule has 0 bridgehead atoms. The van der Waals surface area contributed by atoms with Gasteiger partial charge in [-0.15, -0.1) is 0 Å². The SMILES string of the molecule is O=C(Cc1cc2cc(-c3cccnc3)ccc2cn1)Cn1ccnc1. The van der Waals surface area contributed by atoms with Crippen molar-refractivity contribution in [3.63, 3.8) is 0 Å². The van der Waals surface area contributed by atoms with Crippen LogP contribution in [0.5, 0.6) is 0 Å². The summed E-state index contributed by atoms with van der Waals surface area (Å²) in [6.07, 6.45) is 10.8. The molecule has 0 aliphatic heterocycles. The largest absolute Gasteiger partial charge is 0.330 e. The van der Waals surface area contributed by atoms with E-state index in [1.807, 2.05) is 36.7 Å². The number of carbonyl (C=O) groups excluding carboxylic acids is 1. The van der Waals surface area contributed by atoms with Gasteiger partial charge in [-0.05, 0) is 29.1 Å². The zero-order chi connectivity index (χ0) is 17.1. The second-order valence-corrected chi connectivity index (χ2v) is 5.93. The fourth-order valence-electron chi connectivity index (χ4n) is 2.84. The molecule has 3 heterocycles. The minimum Gasteiger partial charge on any atom is -0.330 e. The highest BCUT2D eigenvalue weighted by Crippen LogP contribution is 2.24. The Morgan fingerprint density at radius 2 is 1.92 bits per heavy atom. The van der Waals surface area contributed by atoms with Gasteiger partial charge in [-0.2, -0.15) is 0 Å². The topological polar surface area (TPSA) is 60.7 Å². The maximum Gasteiger partial charge on any atom is 0.158 e. The summed E-state index contributed by atoms with van der Waals surface area (Å²) in [6, 6.07) is 12.2. The van der Waals surface area contributed by atoms with Crippen molar-refractivity contribution in [2.24, 2.45) is 0 Å². The van der Waals surface area contributed by atoms with E-state index in [4.69, 9.17) is 0 Å². The number of rotatable bonds is 5. The van der Waals surface area contributed by atoms with Crippen LogP contribution in [-0.2, 0) is 17.8 Å². The van der Waals surface area contributed by atoms with Gasteiger partial charge < -0.3 is 4.57 Å². The third-order valence-electron chi connectivity index (χ3n) is 4.07. The quantitative estimate of drug-likeness (QED) is 0.564. The Hall–Kier alpha value is -3.34. The first kappa shape index (κ1) is 15.2. The minimum atomic E-state index is 0.105. The van der Waals surface area contributed by atoms with E-state index in [9.17, 15) is 4.79 Å². The molecular formula is C20H16N4O. The highest BCUT2D eigenvalue weighted by atomic mass is 16.1. The monoisotopic (exact) mass is 328 g/mol. The van der Waals surface area contributed by atoms with Gasteiger partial charge in [0.25, 0.3) is 0 Å². The number of hydrogen-bond donors (Lipinski definition) is 0. The Bertz CT molecular complexity index is 1010. The molecule has 0 unspecified atom stereocenters. The number of aromatic nitrogens is 4. The van der Waals surface area contributed by atoms with E-state index in [-0.39, 0.29) is 5.78 Å². The molecule has 0 saturated heterocycles. The summed E-state index contributed by atoms with van der Waals surface area (Å²) in [7, 11) is 0. The Morgan fingerprint density at radius 1 is 0.960 bits per heavy atom. The minimum absolute atomic E-state index is 0.105. The molecule has 5 nitrogen and oxygen atoms in total. The lowest BCUT2D eigenvalue weighted by atomic mass is 10.0. The molecule has 5 heteroatoms. The number of ketones is 1. The van der Waals surface area contributed by atoms with Gasteiger partial charge in [0.1, 0.15) is 0 Å². The van der Waals surface area contributed by atoms with Crippen molar-refractivity contribution < 1.29 is 4.79 Å². The molecule has 3 aromatic heterocycles. The van der Waals surface area contributed by atoms with Crippen LogP contribution in [0.25, 0.3) is 21.9 Å². The average Bonchev–Trinajstić information content (AvgIpc) is 3.14. The molecule has 4 aromatic rings. The van der Waals surface area contributed by atoms with Crippen LogP contribution >= 0.6 is 0 Å². The van der Waals surface area contributed by atoms with Gasteiger partial charge in [0, 0.05) is 47.6 Å². The Labute approximate surface area is 145 Å². The van der Waals surface area contributed by atoms with Crippen LogP contribution in [-0.4, -0.2) is 25.3 Å². The van der Waals surface area contributed by atoms with Crippen molar-refractivity contribution in [3.05, 3.63) is 79.4 Å². The summed E-state index contributed by atoms with van der Waals surface area (Å²) in [5.74, 6) is 0.105. The molecule has 0 fully saturated rings. The summed E-state index contributed by atoms with van der Waals surface area (Å²) in [5.41, 5.74) is 2.95.